The van der Waals surface area contributed by atoms with Crippen molar-refractivity contribution in [2.75, 3.05) is 45.5 Å². The van der Waals surface area contributed by atoms with E-state index in [0.29, 0.717) is 103 Å². The fourth-order valence-electron chi connectivity index (χ4n) is 14.6. The van der Waals surface area contributed by atoms with Gasteiger partial charge >= 0.3 is 12.2 Å². The molecule has 144 heavy (non-hydrogen) atoms. The normalized spacial score (nSPS) is 11.3. The standard InChI is InChI=1S/C26H23F7O3.C25H20BrF7O2.C25H28O3.C9H11Br.C9H12O.2C7H8O3.C4H8O/c1-34-10-4-2-3-5-11-35-18-8-6-16(7-9-18)17-12-20(27)24(21(28)13-17)26(32,33)36-19-14-22(29)25(31)23(30)15-19;26-9-3-1-2-4-10-34-17-7-5-15(6-8-17)16-11-19(27)23(20(28)12-16)25(32,33)35-18-13-21(29)24(31)22(30)14-18;1-17-5-18(2)8-22(7-17)15-27-24-11-21(14-26)12-25(13-24)28-16-23-9-19(3)6-20(4)10-23;2*1-7-3-8(2)5-9(4-7)6-10;2*8-4-5-1-6(9)3-7(10)2-5;1-2-4-5-3-1/h6-9,12-15H,2-5,10-11H2,1H3;5-8,11-14H,1-4,9-10H2;5-13,26H,14-16H2,1-4H3;3-5H,6H2,1-2H3;3-5,10H,6H2,1-2H3;2*1-3,8-10H,4H2;1-4H2. The zero-order chi connectivity index (χ0) is 106. The van der Waals surface area contributed by atoms with E-state index in [0.717, 1.165) is 97.5 Å². The fourth-order valence-corrected chi connectivity index (χ4v) is 15.3. The Morgan fingerprint density at radius 1 is 0.285 bits per heavy atom. The highest BCUT2D eigenvalue weighted by Crippen LogP contribution is 2.41. The van der Waals surface area contributed by atoms with Crippen LogP contribution in [0.3, 0.4) is 0 Å². The lowest BCUT2D eigenvalue weighted by atomic mass is 10.0. The van der Waals surface area contributed by atoms with E-state index in [1.54, 1.807) is 31.4 Å². The summed E-state index contributed by atoms with van der Waals surface area (Å²) in [4.78, 5) is 0. The van der Waals surface area contributed by atoms with Gasteiger partial charge in [-0.1, -0.05) is 193 Å². The van der Waals surface area contributed by atoms with Crippen molar-refractivity contribution in [3.63, 3.8) is 0 Å². The molecule has 32 heteroatoms. The first-order valence-corrected chi connectivity index (χ1v) is 48.0. The number of benzene rings is 13. The van der Waals surface area contributed by atoms with Crippen molar-refractivity contribution < 1.29 is 140 Å². The summed E-state index contributed by atoms with van der Waals surface area (Å²) < 4.78 is 237. The Labute approximate surface area is 846 Å². The molecule has 13 aromatic carbocycles. The Morgan fingerprint density at radius 2 is 0.569 bits per heavy atom. The number of halogens is 16. The molecule has 0 bridgehead atoms. The zero-order valence-corrected chi connectivity index (χ0v) is 84.2. The lowest BCUT2D eigenvalue weighted by Crippen LogP contribution is -2.25. The number of phenols is 4. The quantitative estimate of drug-likeness (QED) is 0.00810. The molecule has 774 valence electrons. The van der Waals surface area contributed by atoms with E-state index < -0.39 is 93.0 Å². The van der Waals surface area contributed by atoms with Crippen LogP contribution in [-0.2, 0) is 66.7 Å². The van der Waals surface area contributed by atoms with E-state index in [1.807, 2.05) is 44.2 Å². The Morgan fingerprint density at radius 3 is 0.854 bits per heavy atom. The number of rotatable bonds is 34. The molecule has 0 unspecified atom stereocenters. The van der Waals surface area contributed by atoms with Gasteiger partial charge in [-0.05, 0) is 246 Å². The highest BCUT2D eigenvalue weighted by molar-refractivity contribution is 9.09. The first-order chi connectivity index (χ1) is 68.5. The number of aliphatic hydroxyl groups excluding tert-OH is 4. The molecule has 0 aromatic heterocycles. The summed E-state index contributed by atoms with van der Waals surface area (Å²) >= 11 is 6.79. The monoisotopic (exact) mass is 2140 g/mol. The fraction of sp³-hybridized carbons (Fsp3) is 0.304. The van der Waals surface area contributed by atoms with Crippen LogP contribution < -0.4 is 28.4 Å². The number of alkyl halides is 6. The van der Waals surface area contributed by atoms with Crippen LogP contribution in [0, 0.1) is 114 Å². The van der Waals surface area contributed by atoms with Gasteiger partial charge in [0.2, 0.25) is 0 Å². The molecule has 1 aliphatic rings. The molecule has 8 N–H and O–H groups in total. The summed E-state index contributed by atoms with van der Waals surface area (Å²) in [5.74, 6) is -17.5. The Kier molecular flexibility index (Phi) is 49.7. The van der Waals surface area contributed by atoms with E-state index in [4.69, 9.17) is 64.2 Å². The third-order valence-electron chi connectivity index (χ3n) is 20.8. The molecule has 14 rings (SSSR count). The lowest BCUT2D eigenvalue weighted by Gasteiger charge is -2.20. The molecule has 0 atom stereocenters. The number of aromatic hydroxyl groups is 4. The Balaban J connectivity index is 0.000000241. The average molecular weight is 2150 g/mol. The van der Waals surface area contributed by atoms with Crippen LogP contribution in [0.5, 0.6) is 57.5 Å². The van der Waals surface area contributed by atoms with Crippen LogP contribution in [-0.4, -0.2) is 86.3 Å². The van der Waals surface area contributed by atoms with Gasteiger partial charge in [-0.25, -0.2) is 43.9 Å². The van der Waals surface area contributed by atoms with Crippen molar-refractivity contribution in [1.29, 1.82) is 0 Å². The minimum atomic E-state index is -4.65. The van der Waals surface area contributed by atoms with Crippen molar-refractivity contribution in [3.8, 4) is 79.7 Å². The van der Waals surface area contributed by atoms with Crippen LogP contribution in [0.15, 0.2) is 224 Å². The molecule has 1 saturated heterocycles. The molecule has 0 radical (unpaired) electrons. The second kappa shape index (κ2) is 60.4. The van der Waals surface area contributed by atoms with E-state index in [9.17, 15) is 66.6 Å². The predicted octanol–water partition coefficient (Wildman–Crippen LogP) is 28.8. The first kappa shape index (κ1) is 119. The molecule has 16 nitrogen and oxygen atoms in total. The summed E-state index contributed by atoms with van der Waals surface area (Å²) in [6.07, 6.45) is 1.14. The van der Waals surface area contributed by atoms with Crippen molar-refractivity contribution in [3.05, 3.63) is 377 Å². The highest BCUT2D eigenvalue weighted by Gasteiger charge is 2.43. The van der Waals surface area contributed by atoms with Gasteiger partial charge in [0.05, 0.1) is 39.6 Å². The number of unbranched alkanes of at least 4 members (excludes halogenated alkanes) is 6. The number of aliphatic hydroxyl groups is 4. The topological polar surface area (TPSA) is 236 Å². The highest BCUT2D eigenvalue weighted by atomic mass is 79.9. The SMILES string of the molecule is C1CCOC1.COCCCCCCOc1ccc(-c2cc(F)c(C(F)(F)Oc3cc(F)c(F)c(F)c3)c(F)c2)cc1.Cc1cc(C)cc(CBr)c1.Cc1cc(C)cc(CO)c1.Cc1cc(C)cc(COc2cc(CO)cc(OCc3cc(C)cc(C)c3)c2)c1.Fc1cc(OC(F)(F)c2c(F)cc(-c3ccc(OCCCCCCBr)cc3)cc2F)cc(F)c1F.OCc1cc(O)cc(O)c1.OCc1cc(O)cc(O)c1. The minimum absolute atomic E-state index is 0.0280. The van der Waals surface area contributed by atoms with Crippen LogP contribution in [0.2, 0.25) is 0 Å². The first-order valence-electron chi connectivity index (χ1n) is 45.8. The zero-order valence-electron chi connectivity index (χ0n) is 81.0. The largest absolute Gasteiger partial charge is 0.508 e. The molecule has 0 amide bonds. The number of hydrogen-bond acceptors (Lipinski definition) is 16. The van der Waals surface area contributed by atoms with Gasteiger partial charge in [0.1, 0.15) is 105 Å². The van der Waals surface area contributed by atoms with Crippen molar-refractivity contribution in [2.24, 2.45) is 0 Å². The van der Waals surface area contributed by atoms with Gasteiger partial charge < -0.3 is 78.7 Å². The summed E-state index contributed by atoms with van der Waals surface area (Å²) in [7, 11) is 1.65. The summed E-state index contributed by atoms with van der Waals surface area (Å²) in [6.45, 7) is 21.1. The van der Waals surface area contributed by atoms with Crippen LogP contribution in [0.25, 0.3) is 22.3 Å². The van der Waals surface area contributed by atoms with E-state index in [-0.39, 0.29) is 84.8 Å². The molecule has 1 heterocycles. The van der Waals surface area contributed by atoms with Crippen molar-refractivity contribution in [1.82, 2.24) is 0 Å². The number of methoxy groups -OCH3 is 1. The maximum atomic E-state index is 14.6. The van der Waals surface area contributed by atoms with Gasteiger partial charge in [0.15, 0.2) is 34.9 Å². The molecule has 0 aliphatic carbocycles. The van der Waals surface area contributed by atoms with Gasteiger partial charge in [-0.2, -0.15) is 17.6 Å². The third kappa shape index (κ3) is 41.4. The molecule has 13 aromatic rings. The second-order valence-corrected chi connectivity index (χ2v) is 35.1. The summed E-state index contributed by atoms with van der Waals surface area (Å²) in [6, 6.07) is 54.7. The number of aryl methyl sites for hydroxylation is 8. The van der Waals surface area contributed by atoms with Crippen molar-refractivity contribution in [2.45, 2.75) is 177 Å². The second-order valence-electron chi connectivity index (χ2n) is 33.7. The third-order valence-corrected chi connectivity index (χ3v) is 22.0. The van der Waals surface area contributed by atoms with Crippen molar-refractivity contribution >= 4 is 31.9 Å². The number of ether oxygens (including phenoxy) is 8. The number of phenolic OH excluding ortho intramolecular Hbond substituents is 4. The minimum Gasteiger partial charge on any atom is -0.508 e. The molecule has 0 spiro atoms. The summed E-state index contributed by atoms with van der Waals surface area (Å²) in [5, 5.41) is 72.8. The van der Waals surface area contributed by atoms with Gasteiger partial charge in [-0.3, -0.25) is 0 Å². The predicted molar refractivity (Wildman–Crippen MR) is 534 cm³/mol. The Hall–Kier alpha value is -12.4. The van der Waals surface area contributed by atoms with E-state index in [1.165, 1.54) is 124 Å². The molecule has 0 saturated carbocycles. The molecule has 1 fully saturated rings. The molecular weight excluding hydrogens is 2030 g/mol. The van der Waals surface area contributed by atoms with Crippen LogP contribution in [0.1, 0.15) is 159 Å². The Bertz CT molecular complexity index is 5690. The number of hydrogen-bond donors (Lipinski definition) is 8. The van der Waals surface area contributed by atoms with E-state index >= 15 is 0 Å². The van der Waals surface area contributed by atoms with E-state index in [2.05, 4.69) is 144 Å². The van der Waals surface area contributed by atoms with Crippen LogP contribution in [0.4, 0.5) is 61.5 Å². The maximum absolute atomic E-state index is 14.6. The van der Waals surface area contributed by atoms with Crippen LogP contribution >= 0.6 is 31.9 Å². The average Bonchev–Trinajstić information content (AvgIpc) is 0.801. The van der Waals surface area contributed by atoms with Gasteiger partial charge in [0, 0.05) is 80.1 Å². The van der Waals surface area contributed by atoms with Gasteiger partial charge in [0.25, 0.3) is 0 Å². The smallest absolute Gasteiger partial charge is 0.432 e. The molecular formula is C112H118Br2F14O16. The maximum Gasteiger partial charge on any atom is 0.432 e. The molecule has 1 aliphatic heterocycles. The summed E-state index contributed by atoms with van der Waals surface area (Å²) in [5.41, 5.74) is 13.5. The van der Waals surface area contributed by atoms with Gasteiger partial charge in [-0.15, -0.1) is 0 Å². The lowest BCUT2D eigenvalue weighted by molar-refractivity contribution is -0.190.